The van der Waals surface area contributed by atoms with Gasteiger partial charge in [0.1, 0.15) is 12.1 Å². The van der Waals surface area contributed by atoms with E-state index in [0.717, 1.165) is 28.9 Å². The van der Waals surface area contributed by atoms with Crippen LogP contribution < -0.4 is 0 Å². The van der Waals surface area contributed by atoms with Gasteiger partial charge in [-0.15, -0.1) is 0 Å². The molecule has 0 aliphatic heterocycles. The van der Waals surface area contributed by atoms with Crippen LogP contribution in [0.15, 0.2) is 34.7 Å². The van der Waals surface area contributed by atoms with Gasteiger partial charge in [0, 0.05) is 5.39 Å². The maximum Gasteiger partial charge on any atom is 0.159 e. The summed E-state index contributed by atoms with van der Waals surface area (Å²) in [7, 11) is 7.07. The maximum atomic E-state index is 6.07. The molecule has 0 spiro atoms. The first-order chi connectivity index (χ1) is 13.9. The average molecular weight is 403 g/mol. The van der Waals surface area contributed by atoms with E-state index in [-0.39, 0.29) is 0 Å². The molecule has 0 aliphatic carbocycles. The second-order valence-electron chi connectivity index (χ2n) is 9.87. The van der Waals surface area contributed by atoms with E-state index in [1.165, 1.54) is 80.9 Å². The van der Waals surface area contributed by atoms with Gasteiger partial charge in [-0.3, -0.25) is 0 Å². The molecule has 29 heavy (non-hydrogen) atoms. The first kappa shape index (κ1) is 24.0. The molecule has 0 N–H and O–H groups in total. The largest absolute Gasteiger partial charge is 0.455 e. The van der Waals surface area contributed by atoms with E-state index in [0.29, 0.717) is 0 Å². The lowest BCUT2D eigenvalue weighted by Crippen LogP contribution is -2.43. The van der Waals surface area contributed by atoms with Gasteiger partial charge in [-0.05, 0) is 51.7 Å². The highest BCUT2D eigenvalue weighted by Crippen LogP contribution is 2.22. The summed E-state index contributed by atoms with van der Waals surface area (Å²) in [6.45, 7) is 10.6. The van der Waals surface area contributed by atoms with Crippen molar-refractivity contribution in [2.75, 3.05) is 47.3 Å². The van der Waals surface area contributed by atoms with Crippen molar-refractivity contribution < 1.29 is 13.4 Å². The number of rotatable bonds is 15. The van der Waals surface area contributed by atoms with Gasteiger partial charge >= 0.3 is 0 Å². The lowest BCUT2D eigenvalue weighted by atomic mass is 10.1. The van der Waals surface area contributed by atoms with Gasteiger partial charge in [-0.25, -0.2) is 0 Å². The molecule has 0 radical (unpaired) electrons. The Morgan fingerprint density at radius 1 is 0.724 bits per heavy atom. The van der Waals surface area contributed by atoms with E-state index in [1.54, 1.807) is 0 Å². The molecule has 3 nitrogen and oxygen atoms in total. The van der Waals surface area contributed by atoms with Gasteiger partial charge in [0.05, 0.1) is 47.3 Å². The summed E-state index contributed by atoms with van der Waals surface area (Å²) < 4.78 is 8.31. The predicted octanol–water partition coefficient (Wildman–Crippen LogP) is 6.62. The summed E-state index contributed by atoms with van der Waals surface area (Å²) in [5.74, 6) is 1.13. The van der Waals surface area contributed by atoms with Crippen molar-refractivity contribution in [1.29, 1.82) is 0 Å². The fourth-order valence-electron chi connectivity index (χ4n) is 4.09. The second kappa shape index (κ2) is 11.8. The first-order valence-corrected chi connectivity index (χ1v) is 12.0. The van der Waals surface area contributed by atoms with Crippen molar-refractivity contribution in [2.45, 2.75) is 71.8 Å². The highest BCUT2D eigenvalue weighted by Gasteiger charge is 2.21. The van der Waals surface area contributed by atoms with Gasteiger partial charge in [0.15, 0.2) is 5.76 Å². The van der Waals surface area contributed by atoms with Crippen LogP contribution in [-0.4, -0.2) is 56.3 Å². The summed E-state index contributed by atoms with van der Waals surface area (Å²) in [5.41, 5.74) is 1.02. The van der Waals surface area contributed by atoms with Crippen LogP contribution in [0.5, 0.6) is 0 Å². The standard InChI is InChI=1S/C26H46N2O/c1-6-27(3,4)20-16-12-10-8-9-11-13-17-21-28(5,7-2)23-25-22-24-18-14-15-19-26(24)29-25/h14-15,18-19,22H,6-13,16-17,20-21,23H2,1-5H3/q+2. The number of furan rings is 1. The van der Waals surface area contributed by atoms with Crippen LogP contribution in [0.3, 0.4) is 0 Å². The smallest absolute Gasteiger partial charge is 0.159 e. The molecular weight excluding hydrogens is 356 g/mol. The molecule has 1 aromatic heterocycles. The van der Waals surface area contributed by atoms with Crippen LogP contribution in [0.2, 0.25) is 0 Å². The Morgan fingerprint density at radius 2 is 1.31 bits per heavy atom. The number of benzene rings is 1. The van der Waals surface area contributed by atoms with Crippen LogP contribution in [0.1, 0.15) is 71.0 Å². The topological polar surface area (TPSA) is 13.1 Å². The van der Waals surface area contributed by atoms with Crippen molar-refractivity contribution in [3.8, 4) is 0 Å². The molecule has 3 heteroatoms. The fraction of sp³-hybridized carbons (Fsp3) is 0.692. The Morgan fingerprint density at radius 3 is 1.90 bits per heavy atom. The number of fused-ring (bicyclic) bond motifs is 1. The fourth-order valence-corrected chi connectivity index (χ4v) is 4.09. The van der Waals surface area contributed by atoms with Gasteiger partial charge in [-0.1, -0.05) is 43.9 Å². The lowest BCUT2D eigenvalue weighted by Gasteiger charge is -2.32. The average Bonchev–Trinajstić information content (AvgIpc) is 3.11. The van der Waals surface area contributed by atoms with Crippen LogP contribution >= 0.6 is 0 Å². The molecule has 1 aromatic carbocycles. The predicted molar refractivity (Wildman–Crippen MR) is 126 cm³/mol. The van der Waals surface area contributed by atoms with Crippen LogP contribution in [0.4, 0.5) is 0 Å². The van der Waals surface area contributed by atoms with E-state index in [4.69, 9.17) is 4.42 Å². The minimum Gasteiger partial charge on any atom is -0.455 e. The van der Waals surface area contributed by atoms with Crippen LogP contribution in [-0.2, 0) is 6.54 Å². The van der Waals surface area contributed by atoms with Crippen molar-refractivity contribution >= 4 is 11.0 Å². The van der Waals surface area contributed by atoms with E-state index in [2.05, 4.69) is 65.3 Å². The molecule has 1 heterocycles. The Kier molecular flexibility index (Phi) is 9.71. The summed E-state index contributed by atoms with van der Waals surface area (Å²) in [5, 5.41) is 1.22. The number of nitrogens with zero attached hydrogens (tertiary/aromatic N) is 2. The van der Waals surface area contributed by atoms with Gasteiger partial charge in [-0.2, -0.15) is 0 Å². The van der Waals surface area contributed by atoms with Crippen LogP contribution in [0.25, 0.3) is 11.0 Å². The van der Waals surface area contributed by atoms with E-state index < -0.39 is 0 Å². The summed E-state index contributed by atoms with van der Waals surface area (Å²) in [4.78, 5) is 0. The van der Waals surface area contributed by atoms with E-state index >= 15 is 0 Å². The van der Waals surface area contributed by atoms with Gasteiger partial charge < -0.3 is 13.4 Å². The maximum absolute atomic E-state index is 6.07. The van der Waals surface area contributed by atoms with Crippen molar-refractivity contribution in [2.24, 2.45) is 0 Å². The molecule has 164 valence electrons. The molecule has 0 bridgehead atoms. The van der Waals surface area contributed by atoms with E-state index in [1.807, 2.05) is 0 Å². The first-order valence-electron chi connectivity index (χ1n) is 12.0. The Bertz CT molecular complexity index is 673. The third-order valence-corrected chi connectivity index (χ3v) is 6.85. The lowest BCUT2D eigenvalue weighted by molar-refractivity contribution is -0.922. The molecule has 2 rings (SSSR count). The molecule has 0 saturated heterocycles. The molecule has 0 saturated carbocycles. The number of hydrogen-bond donors (Lipinski definition) is 0. The minimum atomic E-state index is 0.998. The highest BCUT2D eigenvalue weighted by molar-refractivity contribution is 5.77. The molecular formula is C26H46N2O+2. The quantitative estimate of drug-likeness (QED) is 0.241. The number of quaternary nitrogens is 2. The molecule has 1 unspecified atom stereocenters. The van der Waals surface area contributed by atoms with Gasteiger partial charge in [0.2, 0.25) is 0 Å². The van der Waals surface area contributed by atoms with Crippen molar-refractivity contribution in [3.05, 3.63) is 36.1 Å². The molecule has 0 fully saturated rings. The summed E-state index contributed by atoms with van der Waals surface area (Å²) in [6, 6.07) is 10.6. The van der Waals surface area contributed by atoms with Crippen molar-refractivity contribution in [1.82, 2.24) is 0 Å². The number of hydrogen-bond acceptors (Lipinski definition) is 1. The SMILES string of the molecule is CC[N+](C)(C)CCCCCCCCCC[N+](C)(CC)Cc1cc2ccccc2o1. The molecule has 0 aliphatic rings. The van der Waals surface area contributed by atoms with Crippen molar-refractivity contribution in [3.63, 3.8) is 0 Å². The molecule has 0 amide bonds. The Balaban J connectivity index is 1.58. The monoisotopic (exact) mass is 402 g/mol. The third-order valence-electron chi connectivity index (χ3n) is 6.85. The molecule has 1 atom stereocenters. The Labute approximate surface area is 179 Å². The normalized spacial score (nSPS) is 14.4. The zero-order valence-corrected chi connectivity index (χ0v) is 19.9. The number of para-hydroxylation sites is 1. The van der Waals surface area contributed by atoms with E-state index in [9.17, 15) is 0 Å². The molecule has 2 aromatic rings. The second-order valence-corrected chi connectivity index (χ2v) is 9.87. The zero-order chi connectivity index (χ0) is 21.2. The van der Waals surface area contributed by atoms with Crippen LogP contribution in [0, 0.1) is 0 Å². The summed E-state index contributed by atoms with van der Waals surface area (Å²) in [6.07, 6.45) is 11.1. The summed E-state index contributed by atoms with van der Waals surface area (Å²) >= 11 is 0. The van der Waals surface area contributed by atoms with Gasteiger partial charge in [0.25, 0.3) is 0 Å². The third kappa shape index (κ3) is 8.52. The highest BCUT2D eigenvalue weighted by atomic mass is 16.3. The Hall–Kier alpha value is -1.32. The number of unbranched alkanes of at least 4 members (excludes halogenated alkanes) is 7. The minimum absolute atomic E-state index is 0.998. The zero-order valence-electron chi connectivity index (χ0n) is 19.9.